The molecule has 2 unspecified atom stereocenters. The summed E-state index contributed by atoms with van der Waals surface area (Å²) in [6, 6.07) is 0. The van der Waals surface area contributed by atoms with Crippen molar-refractivity contribution < 1.29 is 20.4 Å². The summed E-state index contributed by atoms with van der Waals surface area (Å²) >= 11 is 2.84. The summed E-state index contributed by atoms with van der Waals surface area (Å²) in [4.78, 5) is 0. The van der Waals surface area contributed by atoms with Crippen molar-refractivity contribution in [2.75, 3.05) is 24.7 Å². The maximum atomic E-state index is 9.67. The first-order valence-electron chi connectivity index (χ1n) is 4.53. The number of thioether (sulfide) groups is 2. The Kier molecular flexibility index (Phi) is 5.02. The third kappa shape index (κ3) is 2.37. The van der Waals surface area contributed by atoms with Crippen LogP contribution in [0.5, 0.6) is 0 Å². The van der Waals surface area contributed by atoms with Gasteiger partial charge in [-0.1, -0.05) is 0 Å². The van der Waals surface area contributed by atoms with Crippen LogP contribution < -0.4 is 0 Å². The summed E-state index contributed by atoms with van der Waals surface area (Å²) in [5.74, 6) is 1.67. The first kappa shape index (κ1) is 12.6. The van der Waals surface area contributed by atoms with Crippen molar-refractivity contribution in [1.82, 2.24) is 0 Å². The molecule has 1 heterocycles. The molecular weight excluding hydrogens is 224 g/mol. The molecule has 4 N–H and O–H groups in total. The number of hydrogen-bond donors (Lipinski definition) is 4. The van der Waals surface area contributed by atoms with Gasteiger partial charge in [0.2, 0.25) is 0 Å². The van der Waals surface area contributed by atoms with E-state index in [1.165, 1.54) is 23.5 Å². The predicted octanol–water partition coefficient (Wildman–Crippen LogP) is -0.741. The third-order valence-corrected chi connectivity index (χ3v) is 5.90. The van der Waals surface area contributed by atoms with Gasteiger partial charge in [-0.25, -0.2) is 0 Å². The third-order valence-electron chi connectivity index (χ3n) is 2.22. The van der Waals surface area contributed by atoms with Crippen molar-refractivity contribution in [2.24, 2.45) is 0 Å². The molecule has 84 valence electrons. The first-order valence-corrected chi connectivity index (χ1v) is 6.50. The van der Waals surface area contributed by atoms with Crippen LogP contribution in [0.25, 0.3) is 0 Å². The predicted molar refractivity (Wildman–Crippen MR) is 58.4 cm³/mol. The zero-order chi connectivity index (χ0) is 10.6. The second kappa shape index (κ2) is 5.58. The van der Waals surface area contributed by atoms with Gasteiger partial charge in [0.05, 0.1) is 13.2 Å². The van der Waals surface area contributed by atoms with Gasteiger partial charge in [0.1, 0.15) is 16.3 Å². The van der Waals surface area contributed by atoms with E-state index in [1.54, 1.807) is 0 Å². The Labute approximate surface area is 91.7 Å². The first-order chi connectivity index (χ1) is 6.67. The minimum Gasteiger partial charge on any atom is -0.394 e. The lowest BCUT2D eigenvalue weighted by atomic mass is 10.1. The standard InChI is InChI=1S/C8H16O4S2/c9-4-6(11)8(7(12)5-10)13-2-1-3-14-8/h6-7,9-12H,1-5H2. The lowest BCUT2D eigenvalue weighted by Gasteiger charge is -2.41. The zero-order valence-corrected chi connectivity index (χ0v) is 9.43. The minimum absolute atomic E-state index is 0.392. The van der Waals surface area contributed by atoms with Crippen LogP contribution in [-0.4, -0.2) is 61.4 Å². The van der Waals surface area contributed by atoms with E-state index in [9.17, 15) is 10.2 Å². The summed E-state index contributed by atoms with van der Waals surface area (Å²) in [6.07, 6.45) is -0.979. The summed E-state index contributed by atoms with van der Waals surface area (Å²) in [6.45, 7) is -0.784. The minimum atomic E-state index is -1.00. The highest BCUT2D eigenvalue weighted by molar-refractivity contribution is 8.19. The molecular formula is C8H16O4S2. The summed E-state index contributed by atoms with van der Waals surface area (Å²) in [7, 11) is 0. The maximum absolute atomic E-state index is 9.67. The molecule has 0 radical (unpaired) electrons. The van der Waals surface area contributed by atoms with E-state index in [2.05, 4.69) is 0 Å². The van der Waals surface area contributed by atoms with E-state index in [0.29, 0.717) is 0 Å². The highest BCUT2D eigenvalue weighted by Gasteiger charge is 2.46. The van der Waals surface area contributed by atoms with Crippen molar-refractivity contribution in [1.29, 1.82) is 0 Å². The quantitative estimate of drug-likeness (QED) is 0.518. The average molecular weight is 240 g/mol. The largest absolute Gasteiger partial charge is 0.394 e. The van der Waals surface area contributed by atoms with Crippen LogP contribution in [0.1, 0.15) is 6.42 Å². The van der Waals surface area contributed by atoms with Gasteiger partial charge in [-0.3, -0.25) is 0 Å². The number of hydrogen-bond acceptors (Lipinski definition) is 6. The molecule has 1 rings (SSSR count). The van der Waals surface area contributed by atoms with Gasteiger partial charge in [-0.2, -0.15) is 0 Å². The molecule has 0 aromatic heterocycles. The van der Waals surface area contributed by atoms with E-state index < -0.39 is 29.5 Å². The molecule has 0 saturated carbocycles. The SMILES string of the molecule is OCC(O)C1(C(O)CO)SCCCS1. The highest BCUT2D eigenvalue weighted by Crippen LogP contribution is 2.47. The van der Waals surface area contributed by atoms with E-state index in [0.717, 1.165) is 17.9 Å². The van der Waals surface area contributed by atoms with Crippen LogP contribution in [0.15, 0.2) is 0 Å². The fraction of sp³-hybridized carbons (Fsp3) is 1.00. The van der Waals surface area contributed by atoms with Gasteiger partial charge < -0.3 is 20.4 Å². The molecule has 0 aromatic carbocycles. The van der Waals surface area contributed by atoms with Gasteiger partial charge in [-0.05, 0) is 17.9 Å². The molecule has 0 aliphatic carbocycles. The van der Waals surface area contributed by atoms with E-state index >= 15 is 0 Å². The molecule has 1 aliphatic rings. The number of rotatable bonds is 4. The molecule has 0 amide bonds. The summed E-state index contributed by atoms with van der Waals surface area (Å²) < 4.78 is -0.859. The van der Waals surface area contributed by atoms with Crippen LogP contribution >= 0.6 is 23.5 Å². The highest BCUT2D eigenvalue weighted by atomic mass is 32.2. The van der Waals surface area contributed by atoms with Gasteiger partial charge in [0, 0.05) is 0 Å². The van der Waals surface area contributed by atoms with Gasteiger partial charge in [0.15, 0.2) is 0 Å². The van der Waals surface area contributed by atoms with Crippen molar-refractivity contribution >= 4 is 23.5 Å². The normalized spacial score (nSPS) is 25.7. The zero-order valence-electron chi connectivity index (χ0n) is 7.80. The molecule has 4 nitrogen and oxygen atoms in total. The Morgan fingerprint density at radius 2 is 1.43 bits per heavy atom. The van der Waals surface area contributed by atoms with Gasteiger partial charge in [-0.15, -0.1) is 23.5 Å². The molecule has 1 fully saturated rings. The molecule has 1 saturated heterocycles. The monoisotopic (exact) mass is 240 g/mol. The van der Waals surface area contributed by atoms with Crippen LogP contribution in [0.3, 0.4) is 0 Å². The van der Waals surface area contributed by atoms with E-state index in [1.807, 2.05) is 0 Å². The maximum Gasteiger partial charge on any atom is 0.117 e. The second-order valence-corrected chi connectivity index (χ2v) is 6.17. The number of aliphatic hydroxyl groups excluding tert-OH is 4. The van der Waals surface area contributed by atoms with Crippen molar-refractivity contribution in [3.8, 4) is 0 Å². The Balaban J connectivity index is 2.76. The molecule has 0 spiro atoms. The van der Waals surface area contributed by atoms with E-state index in [-0.39, 0.29) is 0 Å². The van der Waals surface area contributed by atoms with Gasteiger partial charge in [0.25, 0.3) is 0 Å². The Morgan fingerprint density at radius 1 is 1.00 bits per heavy atom. The summed E-state index contributed by atoms with van der Waals surface area (Å²) in [5, 5.41) is 37.2. The fourth-order valence-corrected chi connectivity index (χ4v) is 4.72. The van der Waals surface area contributed by atoms with E-state index in [4.69, 9.17) is 10.2 Å². The van der Waals surface area contributed by atoms with Crippen molar-refractivity contribution in [3.05, 3.63) is 0 Å². The lowest BCUT2D eigenvalue weighted by molar-refractivity contribution is 0.0136. The topological polar surface area (TPSA) is 80.9 Å². The average Bonchev–Trinajstić information content (AvgIpc) is 2.27. The van der Waals surface area contributed by atoms with Crippen LogP contribution in [0.4, 0.5) is 0 Å². The fourth-order valence-electron chi connectivity index (χ4n) is 1.43. The summed E-state index contributed by atoms with van der Waals surface area (Å²) in [5.41, 5.74) is 0. The van der Waals surface area contributed by atoms with Crippen LogP contribution in [-0.2, 0) is 0 Å². The molecule has 14 heavy (non-hydrogen) atoms. The Morgan fingerprint density at radius 3 is 1.79 bits per heavy atom. The van der Waals surface area contributed by atoms with Crippen molar-refractivity contribution in [3.63, 3.8) is 0 Å². The lowest BCUT2D eigenvalue weighted by Crippen LogP contribution is -2.51. The molecule has 6 heteroatoms. The smallest absolute Gasteiger partial charge is 0.117 e. The molecule has 0 aromatic rings. The Hall–Kier alpha value is 0.540. The molecule has 2 atom stereocenters. The van der Waals surface area contributed by atoms with Gasteiger partial charge >= 0.3 is 0 Å². The van der Waals surface area contributed by atoms with Crippen molar-refractivity contribution in [2.45, 2.75) is 22.7 Å². The second-order valence-electron chi connectivity index (χ2n) is 3.17. The number of aliphatic hydroxyl groups is 4. The molecule has 0 bridgehead atoms. The van der Waals surface area contributed by atoms with Crippen LogP contribution in [0, 0.1) is 0 Å². The Bertz CT molecular complexity index is 161. The molecule has 1 aliphatic heterocycles. The van der Waals surface area contributed by atoms with Crippen LogP contribution in [0.2, 0.25) is 0 Å².